The van der Waals surface area contributed by atoms with Gasteiger partial charge in [0, 0.05) is 13.1 Å². The summed E-state index contributed by atoms with van der Waals surface area (Å²) in [6, 6.07) is 0. The van der Waals surface area contributed by atoms with Crippen LogP contribution in [0.5, 0.6) is 0 Å². The third kappa shape index (κ3) is 4.10. The highest BCUT2D eigenvalue weighted by atomic mass is 16.5. The molecule has 0 saturated carbocycles. The first-order chi connectivity index (χ1) is 7.67. The standard InChI is InChI=1S/C12H23NO3/c1-3-11(14)9-13-7-5-6-10(8-13)12(15)16-4-2/h10-11,14H,3-9H2,1-2H3/t10-,11?/m1/s1. The van der Waals surface area contributed by atoms with E-state index in [2.05, 4.69) is 4.90 Å². The van der Waals surface area contributed by atoms with Crippen LogP contribution in [0.25, 0.3) is 0 Å². The molecule has 0 aromatic carbocycles. The summed E-state index contributed by atoms with van der Waals surface area (Å²) in [7, 11) is 0. The maximum Gasteiger partial charge on any atom is 0.310 e. The van der Waals surface area contributed by atoms with Gasteiger partial charge >= 0.3 is 5.97 Å². The molecule has 0 bridgehead atoms. The fraction of sp³-hybridized carbons (Fsp3) is 0.917. The van der Waals surface area contributed by atoms with E-state index in [-0.39, 0.29) is 18.0 Å². The van der Waals surface area contributed by atoms with E-state index in [4.69, 9.17) is 4.74 Å². The Labute approximate surface area is 97.6 Å². The predicted octanol–water partition coefficient (Wildman–Crippen LogP) is 1.03. The molecule has 2 atom stereocenters. The first kappa shape index (κ1) is 13.5. The molecule has 94 valence electrons. The molecule has 1 N–H and O–H groups in total. The van der Waals surface area contributed by atoms with E-state index in [0.29, 0.717) is 13.2 Å². The molecule has 0 spiro atoms. The Balaban J connectivity index is 2.37. The van der Waals surface area contributed by atoms with Crippen molar-refractivity contribution >= 4 is 5.97 Å². The molecule has 1 unspecified atom stereocenters. The lowest BCUT2D eigenvalue weighted by atomic mass is 9.98. The number of aliphatic hydroxyl groups is 1. The van der Waals surface area contributed by atoms with Crippen LogP contribution in [-0.4, -0.2) is 48.3 Å². The van der Waals surface area contributed by atoms with Gasteiger partial charge in [-0.05, 0) is 32.7 Å². The molecule has 0 aromatic heterocycles. The van der Waals surface area contributed by atoms with Gasteiger partial charge in [-0.3, -0.25) is 9.69 Å². The molecule has 1 rings (SSSR count). The van der Waals surface area contributed by atoms with Crippen molar-refractivity contribution in [2.75, 3.05) is 26.2 Å². The van der Waals surface area contributed by atoms with Crippen LogP contribution in [0, 0.1) is 5.92 Å². The lowest BCUT2D eigenvalue weighted by Crippen LogP contribution is -2.42. The molecule has 1 aliphatic rings. The number of carbonyl (C=O) groups is 1. The van der Waals surface area contributed by atoms with Gasteiger partial charge in [0.25, 0.3) is 0 Å². The minimum Gasteiger partial charge on any atom is -0.466 e. The fourth-order valence-electron chi connectivity index (χ4n) is 2.10. The zero-order valence-electron chi connectivity index (χ0n) is 10.3. The molecule has 4 nitrogen and oxygen atoms in total. The second-order valence-corrected chi connectivity index (χ2v) is 4.41. The van der Waals surface area contributed by atoms with Crippen LogP contribution in [0.1, 0.15) is 33.1 Å². The number of nitrogens with zero attached hydrogens (tertiary/aromatic N) is 1. The Kier molecular flexibility index (Phi) is 5.77. The quantitative estimate of drug-likeness (QED) is 0.715. The average Bonchev–Trinajstić information content (AvgIpc) is 2.29. The van der Waals surface area contributed by atoms with Crippen LogP contribution in [0.3, 0.4) is 0 Å². The van der Waals surface area contributed by atoms with Gasteiger partial charge in [0.15, 0.2) is 0 Å². The Morgan fingerprint density at radius 2 is 2.31 bits per heavy atom. The van der Waals surface area contributed by atoms with Crippen molar-refractivity contribution in [2.24, 2.45) is 5.92 Å². The average molecular weight is 229 g/mol. The Bertz CT molecular complexity index is 220. The number of β-amino-alcohol motifs (C(OH)–C–C–N with tert-alkyl or cyclic N) is 1. The second-order valence-electron chi connectivity index (χ2n) is 4.41. The van der Waals surface area contributed by atoms with Gasteiger partial charge in [-0.15, -0.1) is 0 Å². The summed E-state index contributed by atoms with van der Waals surface area (Å²) in [5.74, 6) is -0.0871. The molecule has 1 aliphatic heterocycles. The van der Waals surface area contributed by atoms with E-state index in [0.717, 1.165) is 32.4 Å². The van der Waals surface area contributed by atoms with Gasteiger partial charge in [0.05, 0.1) is 18.6 Å². The van der Waals surface area contributed by atoms with Gasteiger partial charge in [-0.25, -0.2) is 0 Å². The highest BCUT2D eigenvalue weighted by Crippen LogP contribution is 2.18. The second kappa shape index (κ2) is 6.86. The lowest BCUT2D eigenvalue weighted by molar-refractivity contribution is -0.150. The van der Waals surface area contributed by atoms with Crippen molar-refractivity contribution in [3.63, 3.8) is 0 Å². The number of piperidine rings is 1. The van der Waals surface area contributed by atoms with Gasteiger partial charge in [0.2, 0.25) is 0 Å². The lowest BCUT2D eigenvalue weighted by Gasteiger charge is -2.32. The fourth-order valence-corrected chi connectivity index (χ4v) is 2.10. The highest BCUT2D eigenvalue weighted by Gasteiger charge is 2.27. The first-order valence-corrected chi connectivity index (χ1v) is 6.24. The maximum absolute atomic E-state index is 11.6. The molecule has 1 fully saturated rings. The number of esters is 1. The van der Waals surface area contributed by atoms with Gasteiger partial charge in [-0.2, -0.15) is 0 Å². The monoisotopic (exact) mass is 229 g/mol. The molecule has 0 aliphatic carbocycles. The molecule has 0 aromatic rings. The van der Waals surface area contributed by atoms with Gasteiger partial charge in [-0.1, -0.05) is 6.92 Å². The summed E-state index contributed by atoms with van der Waals surface area (Å²) in [6.07, 6.45) is 2.42. The molecule has 16 heavy (non-hydrogen) atoms. The zero-order valence-corrected chi connectivity index (χ0v) is 10.3. The summed E-state index contributed by atoms with van der Waals surface area (Å²) in [5.41, 5.74) is 0. The Hall–Kier alpha value is -0.610. The largest absolute Gasteiger partial charge is 0.466 e. The van der Waals surface area contributed by atoms with Crippen molar-refractivity contribution < 1.29 is 14.6 Å². The summed E-state index contributed by atoms with van der Waals surface area (Å²) < 4.78 is 5.03. The zero-order chi connectivity index (χ0) is 12.0. The summed E-state index contributed by atoms with van der Waals surface area (Å²) >= 11 is 0. The van der Waals surface area contributed by atoms with Crippen molar-refractivity contribution in [1.29, 1.82) is 0 Å². The Morgan fingerprint density at radius 3 is 2.94 bits per heavy atom. The first-order valence-electron chi connectivity index (χ1n) is 6.24. The third-order valence-electron chi connectivity index (χ3n) is 3.07. The van der Waals surface area contributed by atoms with Crippen molar-refractivity contribution in [3.8, 4) is 0 Å². The number of hydrogen-bond acceptors (Lipinski definition) is 4. The molecular weight excluding hydrogens is 206 g/mol. The SMILES string of the molecule is CCOC(=O)[C@@H]1CCCN(CC(O)CC)C1. The molecule has 0 radical (unpaired) electrons. The third-order valence-corrected chi connectivity index (χ3v) is 3.07. The van der Waals surface area contributed by atoms with E-state index in [1.54, 1.807) is 0 Å². The van der Waals surface area contributed by atoms with E-state index in [1.165, 1.54) is 0 Å². The van der Waals surface area contributed by atoms with E-state index in [1.807, 2.05) is 13.8 Å². The number of hydrogen-bond donors (Lipinski definition) is 1. The summed E-state index contributed by atoms with van der Waals surface area (Å²) in [6.45, 7) is 6.64. The van der Waals surface area contributed by atoms with E-state index >= 15 is 0 Å². The molecule has 4 heteroatoms. The number of rotatable bonds is 5. The van der Waals surface area contributed by atoms with Crippen molar-refractivity contribution in [3.05, 3.63) is 0 Å². The topological polar surface area (TPSA) is 49.8 Å². The molecule has 0 amide bonds. The number of ether oxygens (including phenoxy) is 1. The van der Waals surface area contributed by atoms with Crippen LogP contribution in [0.15, 0.2) is 0 Å². The number of likely N-dealkylation sites (tertiary alicyclic amines) is 1. The molecular formula is C12H23NO3. The van der Waals surface area contributed by atoms with Crippen LogP contribution < -0.4 is 0 Å². The minimum absolute atomic E-state index is 0.00208. The maximum atomic E-state index is 11.6. The Morgan fingerprint density at radius 1 is 1.56 bits per heavy atom. The van der Waals surface area contributed by atoms with Crippen molar-refractivity contribution in [2.45, 2.75) is 39.2 Å². The normalized spacial score (nSPS) is 24.1. The summed E-state index contributed by atoms with van der Waals surface area (Å²) in [4.78, 5) is 13.8. The number of carbonyl (C=O) groups excluding carboxylic acids is 1. The van der Waals surface area contributed by atoms with E-state index in [9.17, 15) is 9.90 Å². The van der Waals surface area contributed by atoms with Gasteiger partial charge < -0.3 is 9.84 Å². The smallest absolute Gasteiger partial charge is 0.310 e. The number of aliphatic hydroxyl groups excluding tert-OH is 1. The predicted molar refractivity (Wildman–Crippen MR) is 62.1 cm³/mol. The van der Waals surface area contributed by atoms with Crippen LogP contribution in [-0.2, 0) is 9.53 Å². The van der Waals surface area contributed by atoms with E-state index < -0.39 is 0 Å². The van der Waals surface area contributed by atoms with Crippen molar-refractivity contribution in [1.82, 2.24) is 4.90 Å². The molecule has 1 heterocycles. The van der Waals surface area contributed by atoms with Crippen LogP contribution >= 0.6 is 0 Å². The minimum atomic E-state index is -0.277. The van der Waals surface area contributed by atoms with Crippen LogP contribution in [0.4, 0.5) is 0 Å². The molecule has 1 saturated heterocycles. The van der Waals surface area contributed by atoms with Gasteiger partial charge in [0.1, 0.15) is 0 Å². The van der Waals surface area contributed by atoms with Crippen LogP contribution in [0.2, 0.25) is 0 Å². The highest BCUT2D eigenvalue weighted by molar-refractivity contribution is 5.72. The summed E-state index contributed by atoms with van der Waals surface area (Å²) in [5, 5.41) is 9.58.